The molecular weight excluding hydrogens is 234 g/mol. The van der Waals surface area contributed by atoms with Crippen molar-refractivity contribution in [3.63, 3.8) is 0 Å². The van der Waals surface area contributed by atoms with Gasteiger partial charge < -0.3 is 10.5 Å². The van der Waals surface area contributed by atoms with Gasteiger partial charge in [-0.25, -0.2) is 0 Å². The Labute approximate surface area is 117 Å². The van der Waals surface area contributed by atoms with Crippen molar-refractivity contribution in [3.8, 4) is 5.75 Å². The fourth-order valence-corrected chi connectivity index (χ4v) is 3.31. The van der Waals surface area contributed by atoms with Crippen LogP contribution in [0.15, 0.2) is 12.1 Å². The Morgan fingerprint density at radius 3 is 2.32 bits per heavy atom. The molecule has 0 saturated heterocycles. The monoisotopic (exact) mass is 261 g/mol. The lowest BCUT2D eigenvalue weighted by Gasteiger charge is -2.20. The number of ether oxygens (including phenoxy) is 1. The van der Waals surface area contributed by atoms with Crippen molar-refractivity contribution < 1.29 is 4.74 Å². The molecule has 0 spiro atoms. The first-order valence-electron chi connectivity index (χ1n) is 7.54. The topological polar surface area (TPSA) is 35.2 Å². The first-order chi connectivity index (χ1) is 9.08. The molecule has 0 aromatic heterocycles. The molecule has 2 N–H and O–H groups in total. The van der Waals surface area contributed by atoms with E-state index < -0.39 is 0 Å². The average molecular weight is 261 g/mol. The van der Waals surface area contributed by atoms with Gasteiger partial charge in [0, 0.05) is 6.04 Å². The molecule has 19 heavy (non-hydrogen) atoms. The smallest absolute Gasteiger partial charge is 0.125 e. The largest absolute Gasteiger partial charge is 0.493 e. The first-order valence-corrected chi connectivity index (χ1v) is 7.54. The number of aryl methyl sites for hydroxylation is 3. The van der Waals surface area contributed by atoms with Crippen molar-refractivity contribution in [2.75, 3.05) is 6.61 Å². The Kier molecular flexibility index (Phi) is 4.87. The number of benzene rings is 1. The molecule has 1 aromatic carbocycles. The van der Waals surface area contributed by atoms with Gasteiger partial charge in [-0.05, 0) is 57.1 Å². The van der Waals surface area contributed by atoms with E-state index in [0.717, 1.165) is 24.7 Å². The maximum Gasteiger partial charge on any atom is 0.125 e. The summed E-state index contributed by atoms with van der Waals surface area (Å²) in [6.07, 6.45) is 6.30. The van der Waals surface area contributed by atoms with Gasteiger partial charge in [0.15, 0.2) is 0 Å². The highest BCUT2D eigenvalue weighted by Crippen LogP contribution is 2.29. The number of nitrogens with two attached hydrogens (primary N) is 1. The minimum absolute atomic E-state index is 0.313. The molecule has 1 aromatic rings. The Bertz CT molecular complexity index is 398. The fraction of sp³-hybridized carbons (Fsp3) is 0.647. The third-order valence-electron chi connectivity index (χ3n) is 4.31. The van der Waals surface area contributed by atoms with Crippen LogP contribution in [0.2, 0.25) is 0 Å². The molecule has 0 radical (unpaired) electrons. The van der Waals surface area contributed by atoms with Crippen LogP contribution in [-0.2, 0) is 0 Å². The second-order valence-corrected chi connectivity index (χ2v) is 6.07. The minimum atomic E-state index is 0.313. The Morgan fingerprint density at radius 1 is 1.16 bits per heavy atom. The van der Waals surface area contributed by atoms with Crippen molar-refractivity contribution in [2.24, 2.45) is 11.7 Å². The van der Waals surface area contributed by atoms with Gasteiger partial charge in [-0.3, -0.25) is 0 Å². The van der Waals surface area contributed by atoms with Crippen LogP contribution in [0.4, 0.5) is 0 Å². The molecule has 1 unspecified atom stereocenters. The maximum absolute atomic E-state index is 6.26. The molecule has 1 saturated carbocycles. The standard InChI is InChI=1S/C17H27NO/c1-12-10-13(2)17(14(3)11-12)19-9-8-16(18)15-6-4-5-7-15/h10-11,15-16H,4-9,18H2,1-3H3. The number of rotatable bonds is 5. The van der Waals surface area contributed by atoms with Crippen LogP contribution in [0.1, 0.15) is 48.8 Å². The molecule has 1 fully saturated rings. The van der Waals surface area contributed by atoms with Gasteiger partial charge in [0.1, 0.15) is 5.75 Å². The summed E-state index contributed by atoms with van der Waals surface area (Å²) in [5, 5.41) is 0. The van der Waals surface area contributed by atoms with Crippen LogP contribution in [0, 0.1) is 26.7 Å². The second kappa shape index (κ2) is 6.42. The highest BCUT2D eigenvalue weighted by molar-refractivity contribution is 5.42. The summed E-state index contributed by atoms with van der Waals surface area (Å²) in [4.78, 5) is 0. The fourth-order valence-electron chi connectivity index (χ4n) is 3.31. The molecule has 1 atom stereocenters. The molecule has 2 heteroatoms. The van der Waals surface area contributed by atoms with Crippen molar-refractivity contribution in [1.82, 2.24) is 0 Å². The molecular formula is C17H27NO. The Balaban J connectivity index is 1.85. The zero-order valence-electron chi connectivity index (χ0n) is 12.5. The number of hydrogen-bond donors (Lipinski definition) is 1. The van der Waals surface area contributed by atoms with E-state index in [2.05, 4.69) is 32.9 Å². The van der Waals surface area contributed by atoms with Crippen molar-refractivity contribution in [3.05, 3.63) is 28.8 Å². The van der Waals surface area contributed by atoms with E-state index in [-0.39, 0.29) is 0 Å². The molecule has 2 rings (SSSR count). The third kappa shape index (κ3) is 3.73. The van der Waals surface area contributed by atoms with Gasteiger partial charge in [0.2, 0.25) is 0 Å². The van der Waals surface area contributed by atoms with Crippen LogP contribution in [-0.4, -0.2) is 12.6 Å². The van der Waals surface area contributed by atoms with Crippen molar-refractivity contribution in [1.29, 1.82) is 0 Å². The molecule has 0 heterocycles. The summed E-state index contributed by atoms with van der Waals surface area (Å²) in [6.45, 7) is 7.10. The zero-order chi connectivity index (χ0) is 13.8. The summed E-state index contributed by atoms with van der Waals surface area (Å²) in [7, 11) is 0. The highest BCUT2D eigenvalue weighted by Gasteiger charge is 2.21. The normalized spacial score (nSPS) is 17.7. The summed E-state index contributed by atoms with van der Waals surface area (Å²) in [5.74, 6) is 1.77. The predicted octanol–water partition coefficient (Wildman–Crippen LogP) is 3.90. The van der Waals surface area contributed by atoms with E-state index in [9.17, 15) is 0 Å². The van der Waals surface area contributed by atoms with Gasteiger partial charge in [0.25, 0.3) is 0 Å². The lowest BCUT2D eigenvalue weighted by atomic mass is 9.97. The zero-order valence-corrected chi connectivity index (χ0v) is 12.5. The average Bonchev–Trinajstić information content (AvgIpc) is 2.85. The van der Waals surface area contributed by atoms with Crippen LogP contribution in [0.25, 0.3) is 0 Å². The van der Waals surface area contributed by atoms with Gasteiger partial charge in [-0.1, -0.05) is 30.5 Å². The molecule has 1 aliphatic rings. The lowest BCUT2D eigenvalue weighted by Crippen LogP contribution is -2.30. The SMILES string of the molecule is Cc1cc(C)c(OCCC(N)C2CCCC2)c(C)c1. The highest BCUT2D eigenvalue weighted by atomic mass is 16.5. The summed E-state index contributed by atoms with van der Waals surface area (Å²) >= 11 is 0. The second-order valence-electron chi connectivity index (χ2n) is 6.07. The molecule has 1 aliphatic carbocycles. The molecule has 0 bridgehead atoms. The predicted molar refractivity (Wildman–Crippen MR) is 80.7 cm³/mol. The van der Waals surface area contributed by atoms with Crippen LogP contribution >= 0.6 is 0 Å². The summed E-state index contributed by atoms with van der Waals surface area (Å²) < 4.78 is 5.97. The van der Waals surface area contributed by atoms with Crippen LogP contribution in [0.3, 0.4) is 0 Å². The molecule has 106 valence electrons. The lowest BCUT2D eigenvalue weighted by molar-refractivity contribution is 0.271. The van der Waals surface area contributed by atoms with E-state index in [1.54, 1.807) is 0 Å². The molecule has 0 amide bonds. The first kappa shape index (κ1) is 14.4. The van der Waals surface area contributed by atoms with Gasteiger partial charge in [0.05, 0.1) is 6.61 Å². The third-order valence-corrected chi connectivity index (χ3v) is 4.31. The van der Waals surface area contributed by atoms with Gasteiger partial charge >= 0.3 is 0 Å². The van der Waals surface area contributed by atoms with E-state index in [0.29, 0.717) is 6.04 Å². The molecule has 2 nitrogen and oxygen atoms in total. The van der Waals surface area contributed by atoms with Gasteiger partial charge in [-0.15, -0.1) is 0 Å². The van der Waals surface area contributed by atoms with E-state index in [1.165, 1.54) is 42.4 Å². The Morgan fingerprint density at radius 2 is 1.74 bits per heavy atom. The quantitative estimate of drug-likeness (QED) is 0.872. The summed E-state index contributed by atoms with van der Waals surface area (Å²) in [6, 6.07) is 4.67. The van der Waals surface area contributed by atoms with Crippen LogP contribution in [0.5, 0.6) is 5.75 Å². The van der Waals surface area contributed by atoms with Crippen LogP contribution < -0.4 is 10.5 Å². The van der Waals surface area contributed by atoms with Crippen molar-refractivity contribution >= 4 is 0 Å². The summed E-state index contributed by atoms with van der Waals surface area (Å²) in [5.41, 5.74) is 10.0. The van der Waals surface area contributed by atoms with Crippen molar-refractivity contribution in [2.45, 2.75) is 58.9 Å². The van der Waals surface area contributed by atoms with E-state index in [1.807, 2.05) is 0 Å². The van der Waals surface area contributed by atoms with E-state index in [4.69, 9.17) is 10.5 Å². The van der Waals surface area contributed by atoms with E-state index >= 15 is 0 Å². The maximum atomic E-state index is 6.26. The molecule has 0 aliphatic heterocycles. The minimum Gasteiger partial charge on any atom is -0.493 e. The van der Waals surface area contributed by atoms with Gasteiger partial charge in [-0.2, -0.15) is 0 Å². The Hall–Kier alpha value is -1.02. The number of hydrogen-bond acceptors (Lipinski definition) is 2.